The van der Waals surface area contributed by atoms with Gasteiger partial charge in [-0.3, -0.25) is 0 Å². The highest BCUT2D eigenvalue weighted by molar-refractivity contribution is 5.40. The summed E-state index contributed by atoms with van der Waals surface area (Å²) in [6.07, 6.45) is 0.474. The molecule has 2 rings (SSSR count). The molecule has 0 nitrogen and oxygen atoms in total. The van der Waals surface area contributed by atoms with E-state index in [2.05, 4.69) is 20.8 Å². The molecule has 0 N–H and O–H groups in total. The van der Waals surface area contributed by atoms with Crippen molar-refractivity contribution in [2.75, 3.05) is 0 Å². The molecule has 15 heavy (non-hydrogen) atoms. The molecule has 0 aromatic heterocycles. The maximum Gasteiger partial charge on any atom is 0.273 e. The molecule has 0 amide bonds. The highest BCUT2D eigenvalue weighted by Gasteiger charge is 2.39. The zero-order valence-corrected chi connectivity index (χ0v) is 9.40. The number of hydrogen-bond donors (Lipinski definition) is 0. The molecule has 1 aliphatic rings. The second-order valence-corrected chi connectivity index (χ2v) is 5.33. The van der Waals surface area contributed by atoms with Crippen molar-refractivity contribution in [1.82, 2.24) is 0 Å². The Bertz CT molecular complexity index is 386. The summed E-state index contributed by atoms with van der Waals surface area (Å²) in [4.78, 5) is 0. The molecule has 1 aliphatic carbocycles. The average molecular weight is 210 g/mol. The van der Waals surface area contributed by atoms with Crippen molar-refractivity contribution in [3.8, 4) is 0 Å². The maximum absolute atomic E-state index is 13.4. The van der Waals surface area contributed by atoms with Gasteiger partial charge in [0.15, 0.2) is 0 Å². The van der Waals surface area contributed by atoms with E-state index in [-0.39, 0.29) is 17.4 Å². The van der Waals surface area contributed by atoms with Gasteiger partial charge in [-0.25, -0.2) is 8.78 Å². The second kappa shape index (κ2) is 3.03. The van der Waals surface area contributed by atoms with E-state index in [0.29, 0.717) is 6.42 Å². The Morgan fingerprint density at radius 1 is 1.20 bits per heavy atom. The van der Waals surface area contributed by atoms with Gasteiger partial charge in [-0.1, -0.05) is 39.0 Å². The Morgan fingerprint density at radius 2 is 1.87 bits per heavy atom. The molecular weight excluding hydrogens is 194 g/mol. The van der Waals surface area contributed by atoms with Crippen LogP contribution in [0, 0.1) is 0 Å². The molecule has 0 aliphatic heterocycles. The first-order valence-electron chi connectivity index (χ1n) is 5.32. The number of aryl methyl sites for hydroxylation is 1. The summed E-state index contributed by atoms with van der Waals surface area (Å²) in [5.41, 5.74) is 2.23. The number of fused-ring (bicyclic) bond motifs is 1. The Hall–Kier alpha value is -0.920. The predicted molar refractivity (Wildman–Crippen MR) is 57.4 cm³/mol. The summed E-state index contributed by atoms with van der Waals surface area (Å²) in [7, 11) is 0. The Balaban J connectivity index is 2.47. The molecule has 0 atom stereocenters. The number of benzene rings is 1. The SMILES string of the molecule is CC(C)(C)c1ccc2c(c1)CCC2(F)F. The molecular formula is C13H16F2. The van der Waals surface area contributed by atoms with Gasteiger partial charge in [0.05, 0.1) is 0 Å². The third-order valence-electron chi connectivity index (χ3n) is 3.07. The number of hydrogen-bond acceptors (Lipinski definition) is 0. The van der Waals surface area contributed by atoms with E-state index in [1.54, 1.807) is 6.07 Å². The minimum Gasteiger partial charge on any atom is -0.201 e. The lowest BCUT2D eigenvalue weighted by Gasteiger charge is -2.20. The second-order valence-electron chi connectivity index (χ2n) is 5.33. The quantitative estimate of drug-likeness (QED) is 0.606. The third-order valence-corrected chi connectivity index (χ3v) is 3.07. The van der Waals surface area contributed by atoms with Crippen LogP contribution in [0.15, 0.2) is 18.2 Å². The summed E-state index contributed by atoms with van der Waals surface area (Å²) in [6, 6.07) is 5.37. The van der Waals surface area contributed by atoms with Crippen molar-refractivity contribution in [2.45, 2.75) is 45.0 Å². The molecule has 2 heteroatoms. The van der Waals surface area contributed by atoms with Crippen LogP contribution in [0.2, 0.25) is 0 Å². The van der Waals surface area contributed by atoms with Crippen LogP contribution in [0.25, 0.3) is 0 Å². The van der Waals surface area contributed by atoms with E-state index < -0.39 is 5.92 Å². The fourth-order valence-corrected chi connectivity index (χ4v) is 2.05. The molecule has 0 radical (unpaired) electrons. The summed E-state index contributed by atoms with van der Waals surface area (Å²) in [5.74, 6) is -2.61. The molecule has 1 aromatic rings. The molecule has 0 bridgehead atoms. The lowest BCUT2D eigenvalue weighted by atomic mass is 9.85. The fraction of sp³-hybridized carbons (Fsp3) is 0.538. The van der Waals surface area contributed by atoms with Crippen molar-refractivity contribution in [2.24, 2.45) is 0 Å². The third kappa shape index (κ3) is 1.77. The van der Waals surface area contributed by atoms with Crippen molar-refractivity contribution in [3.63, 3.8) is 0 Å². The van der Waals surface area contributed by atoms with Crippen LogP contribution in [-0.2, 0) is 17.8 Å². The Labute approximate surface area is 89.3 Å². The summed E-state index contributed by atoms with van der Waals surface area (Å²) in [6.45, 7) is 6.30. The summed E-state index contributed by atoms with van der Waals surface area (Å²) < 4.78 is 26.7. The van der Waals surface area contributed by atoms with E-state index in [0.717, 1.165) is 11.1 Å². The Morgan fingerprint density at radius 3 is 2.47 bits per heavy atom. The van der Waals surface area contributed by atoms with Crippen LogP contribution in [0.4, 0.5) is 8.78 Å². The molecule has 0 saturated carbocycles. The molecule has 1 aromatic carbocycles. The van der Waals surface area contributed by atoms with E-state index in [9.17, 15) is 8.78 Å². The van der Waals surface area contributed by atoms with Crippen LogP contribution in [-0.4, -0.2) is 0 Å². The van der Waals surface area contributed by atoms with Gasteiger partial charge in [-0.05, 0) is 23.0 Å². The first-order chi connectivity index (χ1) is 6.81. The van der Waals surface area contributed by atoms with Crippen LogP contribution in [0.1, 0.15) is 43.9 Å². The first kappa shape index (κ1) is 10.6. The minimum atomic E-state index is -2.61. The highest BCUT2D eigenvalue weighted by Crippen LogP contribution is 2.42. The van der Waals surface area contributed by atoms with Crippen molar-refractivity contribution < 1.29 is 8.78 Å². The maximum atomic E-state index is 13.4. The zero-order chi connectivity index (χ0) is 11.3. The van der Waals surface area contributed by atoms with E-state index in [1.807, 2.05) is 12.1 Å². The van der Waals surface area contributed by atoms with Gasteiger partial charge in [-0.15, -0.1) is 0 Å². The smallest absolute Gasteiger partial charge is 0.201 e. The highest BCUT2D eigenvalue weighted by atomic mass is 19.3. The van der Waals surface area contributed by atoms with Crippen molar-refractivity contribution in [1.29, 1.82) is 0 Å². The monoisotopic (exact) mass is 210 g/mol. The number of alkyl halides is 2. The average Bonchev–Trinajstić information content (AvgIpc) is 2.41. The molecule has 0 unspecified atom stereocenters. The molecule has 0 saturated heterocycles. The zero-order valence-electron chi connectivity index (χ0n) is 9.40. The van der Waals surface area contributed by atoms with Crippen LogP contribution >= 0.6 is 0 Å². The summed E-state index contributed by atoms with van der Waals surface area (Å²) >= 11 is 0. The van der Waals surface area contributed by atoms with Gasteiger partial charge in [0.2, 0.25) is 0 Å². The van der Waals surface area contributed by atoms with Gasteiger partial charge < -0.3 is 0 Å². The van der Waals surface area contributed by atoms with Crippen LogP contribution in [0.3, 0.4) is 0 Å². The first-order valence-corrected chi connectivity index (χ1v) is 5.32. The van der Waals surface area contributed by atoms with Gasteiger partial charge in [0.1, 0.15) is 0 Å². The van der Waals surface area contributed by atoms with E-state index >= 15 is 0 Å². The fourth-order valence-electron chi connectivity index (χ4n) is 2.05. The predicted octanol–water partition coefficient (Wildman–Crippen LogP) is 4.02. The largest absolute Gasteiger partial charge is 0.273 e. The lowest BCUT2D eigenvalue weighted by Crippen LogP contribution is -2.12. The van der Waals surface area contributed by atoms with Gasteiger partial charge >= 0.3 is 0 Å². The summed E-state index contributed by atoms with van der Waals surface area (Å²) in [5, 5.41) is 0. The van der Waals surface area contributed by atoms with E-state index in [1.165, 1.54) is 0 Å². The minimum absolute atomic E-state index is 0.0318. The molecule has 0 heterocycles. The van der Waals surface area contributed by atoms with Gasteiger partial charge in [0.25, 0.3) is 5.92 Å². The van der Waals surface area contributed by atoms with Crippen molar-refractivity contribution in [3.05, 3.63) is 34.9 Å². The normalized spacial score (nSPS) is 19.0. The molecule has 0 fully saturated rings. The number of rotatable bonds is 0. The van der Waals surface area contributed by atoms with Crippen LogP contribution < -0.4 is 0 Å². The van der Waals surface area contributed by atoms with Gasteiger partial charge in [-0.2, -0.15) is 0 Å². The lowest BCUT2D eigenvalue weighted by molar-refractivity contribution is -0.00185. The molecule has 0 spiro atoms. The number of halogens is 2. The standard InChI is InChI=1S/C13H16F2/c1-12(2,3)10-4-5-11-9(8-10)6-7-13(11,14)15/h4-5,8H,6-7H2,1-3H3. The van der Waals surface area contributed by atoms with Crippen molar-refractivity contribution >= 4 is 0 Å². The van der Waals surface area contributed by atoms with Gasteiger partial charge in [0, 0.05) is 12.0 Å². The topological polar surface area (TPSA) is 0 Å². The Kier molecular flexibility index (Phi) is 2.14. The van der Waals surface area contributed by atoms with E-state index in [4.69, 9.17) is 0 Å². The molecule has 82 valence electrons. The van der Waals surface area contributed by atoms with Crippen LogP contribution in [0.5, 0.6) is 0 Å².